The Hall–Kier alpha value is -2.47. The number of ether oxygens (including phenoxy) is 1. The Morgan fingerprint density at radius 1 is 1.05 bits per heavy atom. The van der Waals surface area contributed by atoms with E-state index in [1.807, 2.05) is 18.4 Å². The van der Waals surface area contributed by atoms with Gasteiger partial charge in [0.05, 0.1) is 11.3 Å². The molecule has 0 radical (unpaired) electrons. The Kier molecular flexibility index (Phi) is 4.84. The predicted molar refractivity (Wildman–Crippen MR) is 85.1 cm³/mol. The summed E-state index contributed by atoms with van der Waals surface area (Å²) in [6.45, 7) is 0. The Morgan fingerprint density at radius 3 is 2.19 bits per heavy atom. The molecule has 6 heteroatoms. The van der Waals surface area contributed by atoms with Gasteiger partial charge in [-0.15, -0.1) is 11.8 Å². The second-order valence-corrected chi connectivity index (χ2v) is 5.03. The Balaban J connectivity index is 2.07. The molecular weight excluding hydrogens is 286 g/mol. The van der Waals surface area contributed by atoms with Gasteiger partial charge in [-0.05, 0) is 54.8 Å². The van der Waals surface area contributed by atoms with Gasteiger partial charge in [-0.3, -0.25) is 0 Å². The summed E-state index contributed by atoms with van der Waals surface area (Å²) in [5, 5.41) is 0. The van der Waals surface area contributed by atoms with Crippen LogP contribution in [0.15, 0.2) is 58.4 Å². The van der Waals surface area contributed by atoms with Crippen LogP contribution in [0.5, 0.6) is 5.75 Å². The lowest BCUT2D eigenvalue weighted by Gasteiger charge is -2.05. The largest absolute Gasteiger partial charge is 0.423 e. The molecule has 0 aromatic heterocycles. The van der Waals surface area contributed by atoms with Gasteiger partial charge in [0, 0.05) is 4.90 Å². The molecule has 0 spiro atoms. The van der Waals surface area contributed by atoms with Gasteiger partial charge in [-0.2, -0.15) is 0 Å². The predicted octanol–water partition coefficient (Wildman–Crippen LogP) is 2.53. The molecule has 0 aliphatic carbocycles. The molecule has 0 unspecified atom stereocenters. The lowest BCUT2D eigenvalue weighted by Crippen LogP contribution is -2.21. The van der Waals surface area contributed by atoms with E-state index >= 15 is 0 Å². The van der Waals surface area contributed by atoms with Gasteiger partial charge in [0.25, 0.3) is 0 Å². The van der Waals surface area contributed by atoms with Gasteiger partial charge in [-0.25, -0.2) is 9.79 Å². The van der Waals surface area contributed by atoms with Crippen molar-refractivity contribution in [1.82, 2.24) is 0 Å². The number of nitrogens with zero attached hydrogens (tertiary/aromatic N) is 1. The highest BCUT2D eigenvalue weighted by atomic mass is 32.2. The third-order valence-corrected chi connectivity index (χ3v) is 3.37. The standard InChI is InChI=1S/C15H15N3O2S/c1-21-13-8-6-12(7-9-13)20-14(19)10-2-4-11(5-3-10)18-15(16)17/h2-9H,1H3,(H4,16,17,18). The quantitative estimate of drug-likeness (QED) is 0.298. The first-order valence-corrected chi connectivity index (χ1v) is 7.37. The molecule has 0 atom stereocenters. The maximum Gasteiger partial charge on any atom is 0.343 e. The van der Waals surface area contributed by atoms with Crippen LogP contribution in [-0.2, 0) is 0 Å². The molecule has 5 nitrogen and oxygen atoms in total. The van der Waals surface area contributed by atoms with E-state index in [-0.39, 0.29) is 5.96 Å². The molecule has 2 aromatic carbocycles. The van der Waals surface area contributed by atoms with E-state index in [9.17, 15) is 4.79 Å². The average Bonchev–Trinajstić information content (AvgIpc) is 2.48. The highest BCUT2D eigenvalue weighted by Crippen LogP contribution is 2.20. The van der Waals surface area contributed by atoms with Crippen molar-refractivity contribution >= 4 is 29.4 Å². The van der Waals surface area contributed by atoms with Gasteiger partial charge in [0.1, 0.15) is 5.75 Å². The first-order valence-electron chi connectivity index (χ1n) is 6.14. The van der Waals surface area contributed by atoms with Crippen molar-refractivity contribution in [1.29, 1.82) is 0 Å². The number of hydrogen-bond donors (Lipinski definition) is 2. The highest BCUT2D eigenvalue weighted by Gasteiger charge is 2.08. The molecule has 0 amide bonds. The van der Waals surface area contributed by atoms with Gasteiger partial charge in [0.15, 0.2) is 5.96 Å². The van der Waals surface area contributed by atoms with Crippen LogP contribution in [0.3, 0.4) is 0 Å². The minimum Gasteiger partial charge on any atom is -0.423 e. The maximum atomic E-state index is 12.0. The zero-order valence-corrected chi connectivity index (χ0v) is 12.3. The number of rotatable bonds is 4. The average molecular weight is 301 g/mol. The Morgan fingerprint density at radius 2 is 1.67 bits per heavy atom. The monoisotopic (exact) mass is 301 g/mol. The van der Waals surface area contributed by atoms with Crippen LogP contribution < -0.4 is 16.2 Å². The molecule has 2 aromatic rings. The normalized spacial score (nSPS) is 9.95. The first kappa shape index (κ1) is 14.9. The van der Waals surface area contributed by atoms with Gasteiger partial charge >= 0.3 is 5.97 Å². The fourth-order valence-corrected chi connectivity index (χ4v) is 2.04. The molecule has 2 rings (SSSR count). The van der Waals surface area contributed by atoms with Crippen LogP contribution >= 0.6 is 11.8 Å². The van der Waals surface area contributed by atoms with Crippen LogP contribution in [0.1, 0.15) is 10.4 Å². The van der Waals surface area contributed by atoms with Crippen molar-refractivity contribution in [3.63, 3.8) is 0 Å². The van der Waals surface area contributed by atoms with Crippen molar-refractivity contribution in [3.8, 4) is 5.75 Å². The van der Waals surface area contributed by atoms with Crippen molar-refractivity contribution in [3.05, 3.63) is 54.1 Å². The van der Waals surface area contributed by atoms with Crippen LogP contribution in [0.2, 0.25) is 0 Å². The number of esters is 1. The van der Waals surface area contributed by atoms with Crippen LogP contribution in [0.25, 0.3) is 0 Å². The molecule has 0 saturated heterocycles. The fraction of sp³-hybridized carbons (Fsp3) is 0.0667. The van der Waals surface area contributed by atoms with Gasteiger partial charge in [-0.1, -0.05) is 0 Å². The molecule has 108 valence electrons. The van der Waals surface area contributed by atoms with Gasteiger partial charge in [0.2, 0.25) is 0 Å². The van der Waals surface area contributed by atoms with E-state index in [0.717, 1.165) is 4.90 Å². The van der Waals surface area contributed by atoms with Crippen molar-refractivity contribution in [2.45, 2.75) is 4.90 Å². The van der Waals surface area contributed by atoms with E-state index in [0.29, 0.717) is 17.0 Å². The number of carbonyl (C=O) groups is 1. The zero-order chi connectivity index (χ0) is 15.2. The second kappa shape index (κ2) is 6.81. The number of aliphatic imine (C=N–C) groups is 1. The number of carbonyl (C=O) groups excluding carboxylic acids is 1. The third-order valence-electron chi connectivity index (χ3n) is 2.63. The smallest absolute Gasteiger partial charge is 0.343 e. The number of nitrogens with two attached hydrogens (primary N) is 2. The molecule has 0 saturated carbocycles. The van der Waals surface area contributed by atoms with E-state index < -0.39 is 5.97 Å². The fourth-order valence-electron chi connectivity index (χ4n) is 1.63. The van der Waals surface area contributed by atoms with Crippen molar-refractivity contribution < 1.29 is 9.53 Å². The molecular formula is C15H15N3O2S. The summed E-state index contributed by atoms with van der Waals surface area (Å²) in [5.74, 6) is 0.0495. The maximum absolute atomic E-state index is 12.0. The molecule has 0 fully saturated rings. The molecule has 0 aliphatic heterocycles. The lowest BCUT2D eigenvalue weighted by atomic mass is 10.2. The number of thioether (sulfide) groups is 1. The van der Waals surface area contributed by atoms with Crippen LogP contribution in [0, 0.1) is 0 Å². The topological polar surface area (TPSA) is 90.7 Å². The van der Waals surface area contributed by atoms with E-state index in [4.69, 9.17) is 16.2 Å². The van der Waals surface area contributed by atoms with Crippen LogP contribution in [0.4, 0.5) is 5.69 Å². The summed E-state index contributed by atoms with van der Waals surface area (Å²) in [4.78, 5) is 17.0. The minimum absolute atomic E-state index is 0.0285. The number of hydrogen-bond acceptors (Lipinski definition) is 4. The summed E-state index contributed by atoms with van der Waals surface area (Å²) < 4.78 is 5.29. The molecule has 0 heterocycles. The molecule has 0 aliphatic rings. The summed E-state index contributed by atoms with van der Waals surface area (Å²) in [6, 6.07) is 13.8. The first-order chi connectivity index (χ1) is 10.1. The highest BCUT2D eigenvalue weighted by molar-refractivity contribution is 7.98. The summed E-state index contributed by atoms with van der Waals surface area (Å²) in [6.07, 6.45) is 1.99. The third kappa shape index (κ3) is 4.25. The van der Waals surface area contributed by atoms with Crippen LogP contribution in [-0.4, -0.2) is 18.2 Å². The van der Waals surface area contributed by atoms with Gasteiger partial charge < -0.3 is 16.2 Å². The summed E-state index contributed by atoms with van der Waals surface area (Å²) in [7, 11) is 0. The Labute approximate surface area is 127 Å². The molecule has 21 heavy (non-hydrogen) atoms. The second-order valence-electron chi connectivity index (χ2n) is 4.15. The summed E-state index contributed by atoms with van der Waals surface area (Å²) >= 11 is 1.63. The van der Waals surface area contributed by atoms with Crippen molar-refractivity contribution in [2.24, 2.45) is 16.5 Å². The molecule has 0 bridgehead atoms. The summed E-state index contributed by atoms with van der Waals surface area (Å²) in [5.41, 5.74) is 11.6. The minimum atomic E-state index is -0.428. The van der Waals surface area contributed by atoms with E-state index in [1.54, 1.807) is 48.2 Å². The van der Waals surface area contributed by atoms with E-state index in [2.05, 4.69) is 4.99 Å². The zero-order valence-electron chi connectivity index (χ0n) is 11.4. The van der Waals surface area contributed by atoms with E-state index in [1.165, 1.54) is 0 Å². The lowest BCUT2D eigenvalue weighted by molar-refractivity contribution is 0.0734. The Bertz CT molecular complexity index is 648. The molecule has 4 N–H and O–H groups in total. The number of benzene rings is 2. The SMILES string of the molecule is CSc1ccc(OC(=O)c2ccc(N=C(N)N)cc2)cc1. The number of guanidine groups is 1. The van der Waals surface area contributed by atoms with Crippen molar-refractivity contribution in [2.75, 3.05) is 6.26 Å².